The summed E-state index contributed by atoms with van der Waals surface area (Å²) in [5.74, 6) is -1.72. The highest BCUT2D eigenvalue weighted by atomic mass is 32.1. The Morgan fingerprint density at radius 2 is 2.08 bits per heavy atom. The average Bonchev–Trinajstić information content (AvgIpc) is 2.97. The van der Waals surface area contributed by atoms with E-state index in [4.69, 9.17) is 10.5 Å². The third-order valence-corrected chi connectivity index (χ3v) is 4.24. The van der Waals surface area contributed by atoms with Gasteiger partial charge in [-0.25, -0.2) is 14.6 Å². The standard InChI is InChI=1S/C15H13N5O5S/c1-6-2-3-7-8(4-6)26-15(17-7)18-9(21)5-25-13(23)11-10(16)12(22)20-14(24)19-11/h2-4H,5,16H2,1H3,(H,17,18,21)(H2,19,20,22,24). The number of thiazole rings is 1. The number of hydrogen-bond acceptors (Lipinski definition) is 8. The van der Waals surface area contributed by atoms with E-state index >= 15 is 0 Å². The molecule has 0 atom stereocenters. The van der Waals surface area contributed by atoms with Crippen LogP contribution in [0.5, 0.6) is 0 Å². The quantitative estimate of drug-likeness (QED) is 0.479. The summed E-state index contributed by atoms with van der Waals surface area (Å²) in [6, 6.07) is 5.68. The fourth-order valence-electron chi connectivity index (χ4n) is 2.10. The zero-order chi connectivity index (χ0) is 18.8. The topological polar surface area (TPSA) is 160 Å². The van der Waals surface area contributed by atoms with Crippen LogP contribution in [0.4, 0.5) is 10.8 Å². The van der Waals surface area contributed by atoms with E-state index in [1.165, 1.54) is 11.3 Å². The Morgan fingerprint density at radius 3 is 2.85 bits per heavy atom. The van der Waals surface area contributed by atoms with E-state index in [2.05, 4.69) is 15.3 Å². The highest BCUT2D eigenvalue weighted by Gasteiger charge is 2.17. The molecule has 0 aliphatic rings. The summed E-state index contributed by atoms with van der Waals surface area (Å²) >= 11 is 1.28. The lowest BCUT2D eigenvalue weighted by molar-refractivity contribution is -0.119. The molecule has 0 aliphatic carbocycles. The van der Waals surface area contributed by atoms with Crippen LogP contribution in [0.1, 0.15) is 16.1 Å². The van der Waals surface area contributed by atoms with Crippen molar-refractivity contribution in [3.8, 4) is 0 Å². The molecule has 5 N–H and O–H groups in total. The van der Waals surface area contributed by atoms with Crippen LogP contribution >= 0.6 is 11.3 Å². The number of amides is 1. The van der Waals surface area contributed by atoms with Gasteiger partial charge in [-0.3, -0.25) is 24.9 Å². The van der Waals surface area contributed by atoms with E-state index in [9.17, 15) is 19.2 Å². The van der Waals surface area contributed by atoms with Gasteiger partial charge in [0.25, 0.3) is 11.5 Å². The minimum absolute atomic E-state index is 0.357. The molecule has 0 bridgehead atoms. The summed E-state index contributed by atoms with van der Waals surface area (Å²) in [6.45, 7) is 1.31. The number of nitrogen functional groups attached to an aromatic ring is 1. The Kier molecular flexibility index (Phi) is 4.54. The molecule has 0 spiro atoms. The number of ether oxygens (including phenoxy) is 1. The average molecular weight is 375 g/mol. The van der Waals surface area contributed by atoms with Gasteiger partial charge in [-0.2, -0.15) is 0 Å². The van der Waals surface area contributed by atoms with Crippen molar-refractivity contribution in [2.45, 2.75) is 6.92 Å². The predicted molar refractivity (Wildman–Crippen MR) is 95.4 cm³/mol. The number of hydrogen-bond donors (Lipinski definition) is 4. The summed E-state index contributed by atoms with van der Waals surface area (Å²) in [4.78, 5) is 54.5. The number of benzene rings is 1. The number of aromatic nitrogens is 3. The lowest BCUT2D eigenvalue weighted by Crippen LogP contribution is -2.30. The van der Waals surface area contributed by atoms with Gasteiger partial charge >= 0.3 is 11.7 Å². The maximum atomic E-state index is 11.9. The van der Waals surface area contributed by atoms with Crippen molar-refractivity contribution in [3.63, 3.8) is 0 Å². The van der Waals surface area contributed by atoms with Gasteiger partial charge in [0.05, 0.1) is 10.2 Å². The monoisotopic (exact) mass is 375 g/mol. The molecule has 0 unspecified atom stereocenters. The van der Waals surface area contributed by atoms with Crippen molar-refractivity contribution in [1.82, 2.24) is 15.0 Å². The molecule has 0 fully saturated rings. The molecule has 134 valence electrons. The number of nitrogens with two attached hydrogens (primary N) is 1. The minimum atomic E-state index is -1.10. The van der Waals surface area contributed by atoms with Crippen molar-refractivity contribution >= 4 is 44.2 Å². The van der Waals surface area contributed by atoms with Gasteiger partial charge in [-0.1, -0.05) is 17.4 Å². The first-order chi connectivity index (χ1) is 12.3. The van der Waals surface area contributed by atoms with Crippen LogP contribution in [0.2, 0.25) is 0 Å². The Balaban J connectivity index is 1.66. The highest BCUT2D eigenvalue weighted by Crippen LogP contribution is 2.26. The maximum Gasteiger partial charge on any atom is 0.357 e. The van der Waals surface area contributed by atoms with Crippen LogP contribution in [0, 0.1) is 6.92 Å². The number of nitrogens with zero attached hydrogens (tertiary/aromatic N) is 1. The molecule has 3 aromatic rings. The van der Waals surface area contributed by atoms with Gasteiger partial charge in [-0.05, 0) is 24.6 Å². The first kappa shape index (κ1) is 17.4. The van der Waals surface area contributed by atoms with Gasteiger partial charge in [0.1, 0.15) is 5.69 Å². The summed E-state index contributed by atoms with van der Waals surface area (Å²) < 4.78 is 5.68. The van der Waals surface area contributed by atoms with Gasteiger partial charge in [0.2, 0.25) is 0 Å². The SMILES string of the molecule is Cc1ccc2nc(NC(=O)COC(=O)c3[nH]c(=O)[nH]c(=O)c3N)sc2c1. The molecule has 0 radical (unpaired) electrons. The number of carbonyl (C=O) groups excluding carboxylic acids is 2. The first-order valence-corrected chi connectivity index (χ1v) is 8.11. The van der Waals surface area contributed by atoms with Crippen molar-refractivity contribution < 1.29 is 14.3 Å². The van der Waals surface area contributed by atoms with Crippen LogP contribution in [0.3, 0.4) is 0 Å². The molecule has 2 heterocycles. The maximum absolute atomic E-state index is 11.9. The van der Waals surface area contributed by atoms with Crippen LogP contribution in [-0.4, -0.2) is 33.4 Å². The van der Waals surface area contributed by atoms with Crippen molar-refractivity contribution in [1.29, 1.82) is 0 Å². The van der Waals surface area contributed by atoms with Crippen molar-refractivity contribution in [3.05, 3.63) is 50.3 Å². The van der Waals surface area contributed by atoms with Crippen molar-refractivity contribution in [2.24, 2.45) is 0 Å². The van der Waals surface area contributed by atoms with Crippen LogP contribution in [0.25, 0.3) is 10.2 Å². The van der Waals surface area contributed by atoms with E-state index in [0.717, 1.165) is 15.8 Å². The third-order valence-electron chi connectivity index (χ3n) is 3.31. The molecule has 1 aromatic carbocycles. The fraction of sp³-hybridized carbons (Fsp3) is 0.133. The van der Waals surface area contributed by atoms with Gasteiger partial charge in [-0.15, -0.1) is 0 Å². The number of H-pyrrole nitrogens is 2. The second-order valence-electron chi connectivity index (χ2n) is 5.31. The number of rotatable bonds is 4. The molecule has 0 saturated heterocycles. The number of fused-ring (bicyclic) bond motifs is 1. The Morgan fingerprint density at radius 1 is 1.31 bits per heavy atom. The van der Waals surface area contributed by atoms with E-state index in [0.29, 0.717) is 5.13 Å². The first-order valence-electron chi connectivity index (χ1n) is 7.30. The molecule has 1 amide bonds. The normalized spacial score (nSPS) is 10.7. The molecular weight excluding hydrogens is 362 g/mol. The molecule has 26 heavy (non-hydrogen) atoms. The number of nitrogens with one attached hydrogen (secondary N) is 3. The molecular formula is C15H13N5O5S. The molecule has 3 rings (SSSR count). The number of aryl methyl sites for hydroxylation is 1. The Hall–Kier alpha value is -3.47. The lowest BCUT2D eigenvalue weighted by Gasteiger charge is -2.05. The summed E-state index contributed by atoms with van der Waals surface area (Å²) in [6.07, 6.45) is 0. The van der Waals surface area contributed by atoms with Crippen LogP contribution in [0.15, 0.2) is 27.8 Å². The van der Waals surface area contributed by atoms with Gasteiger partial charge < -0.3 is 10.5 Å². The third kappa shape index (κ3) is 3.62. The van der Waals surface area contributed by atoms with Crippen molar-refractivity contribution in [2.75, 3.05) is 17.7 Å². The van der Waals surface area contributed by atoms with E-state index in [-0.39, 0.29) is 0 Å². The zero-order valence-corrected chi connectivity index (χ0v) is 14.2. The lowest BCUT2D eigenvalue weighted by atomic mass is 10.2. The number of anilines is 2. The van der Waals surface area contributed by atoms with Gasteiger partial charge in [0.15, 0.2) is 17.4 Å². The Labute approximate surface area is 149 Å². The number of carbonyl (C=O) groups is 2. The highest BCUT2D eigenvalue weighted by molar-refractivity contribution is 7.22. The minimum Gasteiger partial charge on any atom is -0.451 e. The van der Waals surface area contributed by atoms with E-state index < -0.39 is 41.1 Å². The van der Waals surface area contributed by atoms with Crippen LogP contribution in [-0.2, 0) is 9.53 Å². The molecule has 11 heteroatoms. The second-order valence-corrected chi connectivity index (χ2v) is 6.34. The summed E-state index contributed by atoms with van der Waals surface area (Å²) in [7, 11) is 0. The smallest absolute Gasteiger partial charge is 0.357 e. The number of aromatic amines is 2. The Bertz CT molecular complexity index is 1130. The van der Waals surface area contributed by atoms with E-state index in [1.54, 1.807) is 0 Å². The molecule has 0 saturated carbocycles. The second kappa shape index (κ2) is 6.80. The number of esters is 1. The fourth-order valence-corrected chi connectivity index (χ4v) is 3.08. The molecule has 2 aromatic heterocycles. The van der Waals surface area contributed by atoms with Gasteiger partial charge in [0, 0.05) is 0 Å². The largest absolute Gasteiger partial charge is 0.451 e. The zero-order valence-electron chi connectivity index (χ0n) is 13.4. The van der Waals surface area contributed by atoms with E-state index in [1.807, 2.05) is 30.1 Å². The summed E-state index contributed by atoms with van der Waals surface area (Å²) in [5.41, 5.74) is 4.37. The molecule has 0 aliphatic heterocycles. The summed E-state index contributed by atoms with van der Waals surface area (Å²) in [5, 5.41) is 2.87. The van der Waals surface area contributed by atoms with Crippen LogP contribution < -0.4 is 22.3 Å². The molecule has 10 nitrogen and oxygen atoms in total. The predicted octanol–water partition coefficient (Wildman–Crippen LogP) is 0.359.